The first-order valence-electron chi connectivity index (χ1n) is 5.01. The van der Waals surface area contributed by atoms with Gasteiger partial charge in [0.05, 0.1) is 6.04 Å². The van der Waals surface area contributed by atoms with Gasteiger partial charge in [-0.3, -0.25) is 9.59 Å². The van der Waals surface area contributed by atoms with Crippen molar-refractivity contribution >= 4 is 23.6 Å². The highest BCUT2D eigenvalue weighted by Gasteiger charge is 2.22. The van der Waals surface area contributed by atoms with E-state index in [0.29, 0.717) is 6.42 Å². The van der Waals surface area contributed by atoms with E-state index in [2.05, 4.69) is 0 Å². The van der Waals surface area contributed by atoms with Crippen molar-refractivity contribution in [3.8, 4) is 0 Å². The second-order valence-corrected chi connectivity index (χ2v) is 4.77. The SMILES string of the molecule is NC(=O)CC[C@H](N)C(=O)N1CCSCC1. The molecule has 1 atom stereocenters. The minimum absolute atomic E-state index is 0.0587. The number of rotatable bonds is 4. The van der Waals surface area contributed by atoms with Gasteiger partial charge in [0.1, 0.15) is 0 Å². The molecule has 86 valence electrons. The van der Waals surface area contributed by atoms with E-state index in [1.165, 1.54) is 0 Å². The number of carbonyl (C=O) groups is 2. The topological polar surface area (TPSA) is 89.4 Å². The van der Waals surface area contributed by atoms with Crippen LogP contribution in [-0.4, -0.2) is 47.4 Å². The number of thioether (sulfide) groups is 1. The van der Waals surface area contributed by atoms with Crippen molar-refractivity contribution in [2.75, 3.05) is 24.6 Å². The Labute approximate surface area is 93.5 Å². The Kier molecular flexibility index (Phi) is 4.90. The first kappa shape index (κ1) is 12.3. The van der Waals surface area contributed by atoms with E-state index in [9.17, 15) is 9.59 Å². The highest BCUT2D eigenvalue weighted by atomic mass is 32.2. The zero-order valence-electron chi connectivity index (χ0n) is 8.65. The fraction of sp³-hybridized carbons (Fsp3) is 0.778. The van der Waals surface area contributed by atoms with Gasteiger partial charge in [-0.25, -0.2) is 0 Å². The van der Waals surface area contributed by atoms with Crippen LogP contribution in [0.25, 0.3) is 0 Å². The molecule has 1 aliphatic rings. The van der Waals surface area contributed by atoms with Gasteiger partial charge in [0.2, 0.25) is 11.8 Å². The molecule has 1 fully saturated rings. The van der Waals surface area contributed by atoms with Crippen molar-refractivity contribution in [1.82, 2.24) is 4.90 Å². The van der Waals surface area contributed by atoms with Gasteiger partial charge in [-0.1, -0.05) is 0 Å². The molecule has 15 heavy (non-hydrogen) atoms. The molecule has 0 spiro atoms. The summed E-state index contributed by atoms with van der Waals surface area (Å²) in [5.41, 5.74) is 10.7. The normalized spacial score (nSPS) is 18.6. The van der Waals surface area contributed by atoms with Crippen LogP contribution in [0.3, 0.4) is 0 Å². The van der Waals surface area contributed by atoms with Crippen LogP contribution in [0.15, 0.2) is 0 Å². The summed E-state index contributed by atoms with van der Waals surface area (Å²) in [4.78, 5) is 24.1. The summed E-state index contributed by atoms with van der Waals surface area (Å²) in [6.45, 7) is 1.52. The Morgan fingerprint density at radius 2 is 1.93 bits per heavy atom. The molecule has 0 saturated carbocycles. The third-order valence-electron chi connectivity index (χ3n) is 2.34. The summed E-state index contributed by atoms with van der Waals surface area (Å²) < 4.78 is 0. The standard InChI is InChI=1S/C9H17N3O2S/c10-7(1-2-8(11)13)9(14)12-3-5-15-6-4-12/h7H,1-6,10H2,(H2,11,13)/t7-/m0/s1. The molecule has 0 bridgehead atoms. The number of amides is 2. The van der Waals surface area contributed by atoms with Crippen LogP contribution in [-0.2, 0) is 9.59 Å². The van der Waals surface area contributed by atoms with Crippen molar-refractivity contribution in [3.05, 3.63) is 0 Å². The Bertz CT molecular complexity index is 242. The molecule has 6 heteroatoms. The molecule has 0 aromatic heterocycles. The molecule has 1 aliphatic heterocycles. The van der Waals surface area contributed by atoms with E-state index in [4.69, 9.17) is 11.5 Å². The quantitative estimate of drug-likeness (QED) is 0.660. The van der Waals surface area contributed by atoms with Crippen molar-refractivity contribution in [1.29, 1.82) is 0 Å². The molecule has 0 unspecified atom stereocenters. The molecular formula is C9H17N3O2S. The second-order valence-electron chi connectivity index (χ2n) is 3.55. The first-order chi connectivity index (χ1) is 7.11. The first-order valence-corrected chi connectivity index (χ1v) is 6.17. The van der Waals surface area contributed by atoms with Crippen LogP contribution in [0.4, 0.5) is 0 Å². The lowest BCUT2D eigenvalue weighted by Crippen LogP contribution is -2.47. The van der Waals surface area contributed by atoms with Crippen molar-refractivity contribution < 1.29 is 9.59 Å². The largest absolute Gasteiger partial charge is 0.370 e. The Hall–Kier alpha value is -0.750. The van der Waals surface area contributed by atoms with Gasteiger partial charge in [-0.05, 0) is 6.42 Å². The number of carbonyl (C=O) groups excluding carboxylic acids is 2. The fourth-order valence-corrected chi connectivity index (χ4v) is 2.34. The monoisotopic (exact) mass is 231 g/mol. The maximum Gasteiger partial charge on any atom is 0.239 e. The highest BCUT2D eigenvalue weighted by Crippen LogP contribution is 2.10. The summed E-state index contributed by atoms with van der Waals surface area (Å²) >= 11 is 1.84. The van der Waals surface area contributed by atoms with E-state index in [1.807, 2.05) is 11.8 Å². The molecule has 1 saturated heterocycles. The summed E-state index contributed by atoms with van der Waals surface area (Å²) in [6.07, 6.45) is 0.521. The fourth-order valence-electron chi connectivity index (χ4n) is 1.44. The van der Waals surface area contributed by atoms with E-state index in [0.717, 1.165) is 24.6 Å². The van der Waals surface area contributed by atoms with Gasteiger partial charge in [-0.2, -0.15) is 11.8 Å². The van der Waals surface area contributed by atoms with E-state index in [-0.39, 0.29) is 12.3 Å². The lowest BCUT2D eigenvalue weighted by molar-refractivity contribution is -0.132. The Morgan fingerprint density at radius 1 is 1.33 bits per heavy atom. The number of nitrogens with two attached hydrogens (primary N) is 2. The van der Waals surface area contributed by atoms with E-state index >= 15 is 0 Å². The Balaban J connectivity index is 2.33. The molecule has 0 radical (unpaired) electrons. The molecular weight excluding hydrogens is 214 g/mol. The van der Waals surface area contributed by atoms with Crippen LogP contribution < -0.4 is 11.5 Å². The van der Waals surface area contributed by atoms with Gasteiger partial charge >= 0.3 is 0 Å². The van der Waals surface area contributed by atoms with Crippen molar-refractivity contribution in [2.24, 2.45) is 11.5 Å². The number of nitrogens with zero attached hydrogens (tertiary/aromatic N) is 1. The van der Waals surface area contributed by atoms with Gasteiger partial charge in [0.15, 0.2) is 0 Å². The van der Waals surface area contributed by atoms with Crippen LogP contribution in [0.5, 0.6) is 0 Å². The van der Waals surface area contributed by atoms with Crippen molar-refractivity contribution in [2.45, 2.75) is 18.9 Å². The lowest BCUT2D eigenvalue weighted by Gasteiger charge is -2.28. The predicted molar refractivity (Wildman–Crippen MR) is 60.3 cm³/mol. The number of primary amides is 1. The summed E-state index contributed by atoms with van der Waals surface area (Å²) in [7, 11) is 0. The maximum atomic E-state index is 11.8. The maximum absolute atomic E-state index is 11.8. The third-order valence-corrected chi connectivity index (χ3v) is 3.28. The Morgan fingerprint density at radius 3 is 2.47 bits per heavy atom. The zero-order valence-corrected chi connectivity index (χ0v) is 9.46. The van der Waals surface area contributed by atoms with Gasteiger partial charge in [-0.15, -0.1) is 0 Å². The lowest BCUT2D eigenvalue weighted by atomic mass is 10.1. The second kappa shape index (κ2) is 5.97. The highest BCUT2D eigenvalue weighted by molar-refractivity contribution is 7.99. The summed E-state index contributed by atoms with van der Waals surface area (Å²) in [6, 6.07) is -0.583. The molecule has 0 aromatic carbocycles. The molecule has 1 heterocycles. The molecule has 0 aromatic rings. The third kappa shape index (κ3) is 4.09. The molecule has 0 aliphatic carbocycles. The average Bonchev–Trinajstić information content (AvgIpc) is 2.26. The summed E-state index contributed by atoms with van der Waals surface area (Å²) in [5.74, 6) is 1.46. The van der Waals surface area contributed by atoms with Crippen LogP contribution in [0, 0.1) is 0 Å². The average molecular weight is 231 g/mol. The molecule has 4 N–H and O–H groups in total. The van der Waals surface area contributed by atoms with E-state index in [1.54, 1.807) is 4.90 Å². The zero-order chi connectivity index (χ0) is 11.3. The minimum atomic E-state index is -0.583. The molecule has 5 nitrogen and oxygen atoms in total. The van der Waals surface area contributed by atoms with Crippen LogP contribution >= 0.6 is 11.8 Å². The smallest absolute Gasteiger partial charge is 0.239 e. The summed E-state index contributed by atoms with van der Waals surface area (Å²) in [5, 5.41) is 0. The van der Waals surface area contributed by atoms with Gasteiger partial charge in [0.25, 0.3) is 0 Å². The van der Waals surface area contributed by atoms with Crippen LogP contribution in [0.2, 0.25) is 0 Å². The molecule has 1 rings (SSSR count). The van der Waals surface area contributed by atoms with Gasteiger partial charge in [0, 0.05) is 31.0 Å². The molecule has 2 amide bonds. The van der Waals surface area contributed by atoms with Crippen molar-refractivity contribution in [3.63, 3.8) is 0 Å². The predicted octanol–water partition coefficient (Wildman–Crippen LogP) is -0.845. The number of hydrogen-bond donors (Lipinski definition) is 2. The minimum Gasteiger partial charge on any atom is -0.370 e. The van der Waals surface area contributed by atoms with Crippen LogP contribution in [0.1, 0.15) is 12.8 Å². The van der Waals surface area contributed by atoms with Gasteiger partial charge < -0.3 is 16.4 Å². The van der Waals surface area contributed by atoms with E-state index < -0.39 is 11.9 Å². The number of hydrogen-bond acceptors (Lipinski definition) is 4.